The Bertz CT molecular complexity index is 588. The van der Waals surface area contributed by atoms with Gasteiger partial charge >= 0.3 is 0 Å². The fraction of sp³-hybridized carbons (Fsp3) is 0.250. The van der Waals surface area contributed by atoms with Crippen molar-refractivity contribution in [1.29, 1.82) is 0 Å². The molecule has 0 radical (unpaired) electrons. The summed E-state index contributed by atoms with van der Waals surface area (Å²) in [7, 11) is 0. The van der Waals surface area contributed by atoms with Crippen LogP contribution >= 0.6 is 23.1 Å². The average molecular weight is 310 g/mol. The van der Waals surface area contributed by atoms with Crippen LogP contribution in [-0.4, -0.2) is 28.5 Å². The van der Waals surface area contributed by atoms with Crippen molar-refractivity contribution in [2.24, 2.45) is 5.73 Å². The van der Waals surface area contributed by atoms with Gasteiger partial charge in [0.25, 0.3) is 0 Å². The first-order valence-electron chi connectivity index (χ1n) is 5.92. The van der Waals surface area contributed by atoms with Gasteiger partial charge in [-0.05, 0) is 19.1 Å². The van der Waals surface area contributed by atoms with Crippen LogP contribution in [0, 0.1) is 0 Å². The average Bonchev–Trinajstić information content (AvgIpc) is 2.87. The summed E-state index contributed by atoms with van der Waals surface area (Å²) in [5.41, 5.74) is 5.92. The number of primary amides is 1. The monoisotopic (exact) mass is 310 g/mol. The van der Waals surface area contributed by atoms with Crippen LogP contribution in [0.3, 0.4) is 0 Å². The van der Waals surface area contributed by atoms with Gasteiger partial charge in [0.15, 0.2) is 4.34 Å². The molecule has 1 aromatic heterocycles. The van der Waals surface area contributed by atoms with E-state index in [0.29, 0.717) is 16.1 Å². The van der Waals surface area contributed by atoms with Crippen molar-refractivity contribution >= 4 is 39.8 Å². The van der Waals surface area contributed by atoms with Crippen molar-refractivity contribution < 1.29 is 9.53 Å². The topological polar surface area (TPSA) is 90.1 Å². The molecule has 1 heterocycles. The van der Waals surface area contributed by atoms with Gasteiger partial charge in [0, 0.05) is 0 Å². The predicted molar refractivity (Wildman–Crippen MR) is 80.7 cm³/mol. The molecule has 0 saturated carbocycles. The Hall–Kier alpha value is -1.80. The Morgan fingerprint density at radius 2 is 2.25 bits per heavy atom. The molecule has 0 bridgehead atoms. The second-order valence-electron chi connectivity index (χ2n) is 3.68. The number of hydrogen-bond donors (Lipinski definition) is 2. The summed E-state index contributed by atoms with van der Waals surface area (Å²) in [6.45, 7) is 2.52. The number of amides is 1. The number of benzene rings is 1. The molecule has 0 saturated heterocycles. The molecule has 0 atom stereocenters. The molecule has 3 N–H and O–H groups in total. The molecule has 106 valence electrons. The first-order valence-corrected chi connectivity index (χ1v) is 7.72. The van der Waals surface area contributed by atoms with E-state index >= 15 is 0 Å². The largest absolute Gasteiger partial charge is 0.492 e. The van der Waals surface area contributed by atoms with Gasteiger partial charge in [-0.25, -0.2) is 0 Å². The quantitative estimate of drug-likeness (QED) is 0.762. The molecule has 20 heavy (non-hydrogen) atoms. The lowest BCUT2D eigenvalue weighted by Crippen LogP contribution is -2.12. The van der Waals surface area contributed by atoms with Crippen LogP contribution in [0.25, 0.3) is 0 Å². The van der Waals surface area contributed by atoms with E-state index in [-0.39, 0.29) is 11.7 Å². The van der Waals surface area contributed by atoms with Crippen LogP contribution in [0.15, 0.2) is 28.6 Å². The Labute approximate surface area is 124 Å². The second-order valence-corrected chi connectivity index (χ2v) is 5.88. The molecule has 1 amide bonds. The maximum atomic E-state index is 10.7. The summed E-state index contributed by atoms with van der Waals surface area (Å²) in [6, 6.07) is 7.61. The van der Waals surface area contributed by atoms with Crippen molar-refractivity contribution in [3.8, 4) is 5.75 Å². The zero-order valence-electron chi connectivity index (χ0n) is 10.8. The van der Waals surface area contributed by atoms with E-state index in [1.807, 2.05) is 31.2 Å². The first kappa shape index (κ1) is 14.6. The number of rotatable bonds is 7. The van der Waals surface area contributed by atoms with Crippen molar-refractivity contribution in [2.75, 3.05) is 17.7 Å². The lowest BCUT2D eigenvalue weighted by molar-refractivity contribution is -0.115. The SMILES string of the molecule is CCOc1ccccc1Nc1nnc(SCC(N)=O)s1. The number of nitrogens with two attached hydrogens (primary N) is 1. The van der Waals surface area contributed by atoms with E-state index < -0.39 is 0 Å². The van der Waals surface area contributed by atoms with Crippen LogP contribution in [0.1, 0.15) is 6.92 Å². The third kappa shape index (κ3) is 4.10. The van der Waals surface area contributed by atoms with Gasteiger partial charge in [-0.1, -0.05) is 35.2 Å². The smallest absolute Gasteiger partial charge is 0.227 e. The fourth-order valence-corrected chi connectivity index (χ4v) is 2.92. The van der Waals surface area contributed by atoms with Crippen molar-refractivity contribution in [3.05, 3.63) is 24.3 Å². The number of anilines is 2. The molecule has 0 spiro atoms. The maximum absolute atomic E-state index is 10.7. The zero-order chi connectivity index (χ0) is 14.4. The van der Waals surface area contributed by atoms with Gasteiger partial charge in [-0.3, -0.25) is 4.79 Å². The molecule has 1 aromatic carbocycles. The molecule has 0 aliphatic rings. The summed E-state index contributed by atoms with van der Waals surface area (Å²) in [6.07, 6.45) is 0. The van der Waals surface area contributed by atoms with Crippen LogP contribution in [-0.2, 0) is 4.79 Å². The molecule has 8 heteroatoms. The molecule has 6 nitrogen and oxygen atoms in total. The van der Waals surface area contributed by atoms with E-state index in [0.717, 1.165) is 11.4 Å². The number of thioether (sulfide) groups is 1. The van der Waals surface area contributed by atoms with Gasteiger partial charge in [0.05, 0.1) is 18.0 Å². The molecule has 0 aliphatic carbocycles. The highest BCUT2D eigenvalue weighted by Gasteiger charge is 2.09. The normalized spacial score (nSPS) is 10.2. The Morgan fingerprint density at radius 3 is 3.00 bits per heavy atom. The summed E-state index contributed by atoms with van der Waals surface area (Å²) >= 11 is 2.64. The Balaban J connectivity index is 2.05. The van der Waals surface area contributed by atoms with Crippen molar-refractivity contribution in [1.82, 2.24) is 10.2 Å². The van der Waals surface area contributed by atoms with Crippen LogP contribution in [0.2, 0.25) is 0 Å². The van der Waals surface area contributed by atoms with Crippen molar-refractivity contribution in [3.63, 3.8) is 0 Å². The van der Waals surface area contributed by atoms with Crippen LogP contribution in [0.5, 0.6) is 5.75 Å². The highest BCUT2D eigenvalue weighted by molar-refractivity contribution is 8.01. The minimum Gasteiger partial charge on any atom is -0.492 e. The molecule has 0 aliphatic heterocycles. The number of aromatic nitrogens is 2. The fourth-order valence-electron chi connectivity index (χ4n) is 1.42. The van der Waals surface area contributed by atoms with Gasteiger partial charge in [-0.2, -0.15) is 0 Å². The zero-order valence-corrected chi connectivity index (χ0v) is 12.5. The summed E-state index contributed by atoms with van der Waals surface area (Å²) < 4.78 is 6.22. The van der Waals surface area contributed by atoms with Gasteiger partial charge < -0.3 is 15.8 Å². The van der Waals surface area contributed by atoms with Gasteiger partial charge in [-0.15, -0.1) is 10.2 Å². The third-order valence-electron chi connectivity index (χ3n) is 2.17. The number of hydrogen-bond acceptors (Lipinski definition) is 7. The number of carbonyl (C=O) groups excluding carboxylic acids is 1. The van der Waals surface area contributed by atoms with E-state index in [1.54, 1.807) is 0 Å². The number of ether oxygens (including phenoxy) is 1. The summed E-state index contributed by atoms with van der Waals surface area (Å²) in [5.74, 6) is 0.586. The molecule has 2 aromatic rings. The lowest BCUT2D eigenvalue weighted by Gasteiger charge is -2.09. The highest BCUT2D eigenvalue weighted by Crippen LogP contribution is 2.31. The lowest BCUT2D eigenvalue weighted by atomic mass is 10.3. The van der Waals surface area contributed by atoms with Gasteiger partial charge in [0.1, 0.15) is 5.75 Å². The number of para-hydroxylation sites is 2. The summed E-state index contributed by atoms with van der Waals surface area (Å²) in [4.78, 5) is 10.7. The first-order chi connectivity index (χ1) is 9.69. The Kier molecular flexibility index (Phi) is 5.19. The van der Waals surface area contributed by atoms with E-state index in [2.05, 4.69) is 15.5 Å². The Morgan fingerprint density at radius 1 is 1.45 bits per heavy atom. The molecule has 2 rings (SSSR count). The van der Waals surface area contributed by atoms with Gasteiger partial charge in [0.2, 0.25) is 11.0 Å². The maximum Gasteiger partial charge on any atom is 0.227 e. The second kappa shape index (κ2) is 7.11. The van der Waals surface area contributed by atoms with Crippen LogP contribution < -0.4 is 15.8 Å². The molecular formula is C12H14N4O2S2. The molecule has 0 fully saturated rings. The van der Waals surface area contributed by atoms with E-state index in [4.69, 9.17) is 10.5 Å². The standard InChI is InChI=1S/C12H14N4O2S2/c1-2-18-9-6-4-3-5-8(9)14-11-15-16-12(20-11)19-7-10(13)17/h3-6H,2,7H2,1H3,(H2,13,17)(H,14,15). The number of nitrogens with zero attached hydrogens (tertiary/aromatic N) is 2. The predicted octanol–water partition coefficient (Wildman–Crippen LogP) is 2.26. The summed E-state index contributed by atoms with van der Waals surface area (Å²) in [5, 5.41) is 11.8. The minimum absolute atomic E-state index is 0.199. The third-order valence-corrected chi connectivity index (χ3v) is 4.17. The number of nitrogens with one attached hydrogen (secondary N) is 1. The number of carbonyl (C=O) groups is 1. The molecule has 0 unspecified atom stereocenters. The minimum atomic E-state index is -0.374. The van der Waals surface area contributed by atoms with Crippen LogP contribution in [0.4, 0.5) is 10.8 Å². The van der Waals surface area contributed by atoms with Crippen molar-refractivity contribution in [2.45, 2.75) is 11.3 Å². The van der Waals surface area contributed by atoms with E-state index in [9.17, 15) is 4.79 Å². The highest BCUT2D eigenvalue weighted by atomic mass is 32.2. The molecular weight excluding hydrogens is 296 g/mol. The van der Waals surface area contributed by atoms with E-state index in [1.165, 1.54) is 23.1 Å².